The summed E-state index contributed by atoms with van der Waals surface area (Å²) in [6.07, 6.45) is 83.2. The Labute approximate surface area is 443 Å². The Kier molecular flexibility index (Phi) is 55.5. The molecule has 6 heteroatoms. The number of unbranched alkanes of at least 4 members (excludes halogenated alkanes) is 18. The fraction of sp³-hybridized carbons (Fsp3) is 0.621. The zero-order valence-corrected chi connectivity index (χ0v) is 46.4. The first-order chi connectivity index (χ1) is 35.5. The number of allylic oxidation sites excluding steroid dienone is 22. The SMILES string of the molecule is CC/C=C\C/C=C\C/C=C\C/C=C\C/C=C\C/C=C\CCCCCCCCC(=O)OCC(COC(=O)CC/C=C\C/C=C\C/C=C\C/C=C\CC)OC(=O)CCCCCCC/C=C\CCCCCCCCC. The molecule has 1 unspecified atom stereocenters. The van der Waals surface area contributed by atoms with Crippen LogP contribution in [0.3, 0.4) is 0 Å². The normalized spacial score (nSPS) is 13.1. The fourth-order valence-corrected chi connectivity index (χ4v) is 7.57. The van der Waals surface area contributed by atoms with E-state index in [4.69, 9.17) is 14.2 Å². The summed E-state index contributed by atoms with van der Waals surface area (Å²) >= 11 is 0. The summed E-state index contributed by atoms with van der Waals surface area (Å²) in [5.41, 5.74) is 0. The van der Waals surface area contributed by atoms with E-state index in [1.54, 1.807) is 0 Å². The molecule has 0 aliphatic heterocycles. The maximum absolute atomic E-state index is 12.8. The third-order valence-corrected chi connectivity index (χ3v) is 11.9. The minimum Gasteiger partial charge on any atom is -0.462 e. The van der Waals surface area contributed by atoms with Crippen LogP contribution in [0.15, 0.2) is 134 Å². The van der Waals surface area contributed by atoms with Crippen molar-refractivity contribution in [1.82, 2.24) is 0 Å². The van der Waals surface area contributed by atoms with Crippen molar-refractivity contribution < 1.29 is 28.6 Å². The van der Waals surface area contributed by atoms with Crippen molar-refractivity contribution in [2.75, 3.05) is 13.2 Å². The number of esters is 3. The van der Waals surface area contributed by atoms with E-state index in [1.165, 1.54) is 70.6 Å². The van der Waals surface area contributed by atoms with Gasteiger partial charge in [0.05, 0.1) is 0 Å². The molecule has 0 saturated heterocycles. The second kappa shape index (κ2) is 59.1. The first kappa shape index (κ1) is 67.5. The van der Waals surface area contributed by atoms with Gasteiger partial charge in [-0.2, -0.15) is 0 Å². The molecule has 0 fully saturated rings. The molecule has 0 aromatic carbocycles. The third kappa shape index (κ3) is 56.5. The summed E-state index contributed by atoms with van der Waals surface area (Å²) in [6, 6.07) is 0. The highest BCUT2D eigenvalue weighted by Gasteiger charge is 2.19. The topological polar surface area (TPSA) is 78.9 Å². The number of carbonyl (C=O) groups is 3. The van der Waals surface area contributed by atoms with Crippen molar-refractivity contribution >= 4 is 17.9 Å². The van der Waals surface area contributed by atoms with Gasteiger partial charge in [0.25, 0.3) is 0 Å². The molecule has 1 atom stereocenters. The molecule has 72 heavy (non-hydrogen) atoms. The molecule has 0 rings (SSSR count). The van der Waals surface area contributed by atoms with E-state index in [-0.39, 0.29) is 37.5 Å². The van der Waals surface area contributed by atoms with Crippen LogP contribution in [-0.4, -0.2) is 37.2 Å². The van der Waals surface area contributed by atoms with Gasteiger partial charge in [0.1, 0.15) is 13.2 Å². The standard InChI is InChI=1S/C66H106O6/c1-4-7-10-13-16-19-22-25-27-29-30-31-32-33-34-35-36-37-39-41-44-47-50-53-56-59-65(68)71-62-63(61-70-64(67)58-55-52-49-46-43-40-24-21-18-15-12-9-6-3)72-66(69)60-57-54-51-48-45-42-38-28-26-23-20-17-14-11-8-5-2/h7,9-10,12,16,18-19,21,25,27-28,30-31,33-34,36-38,40,43,49,52,63H,4-6,8,11,13-15,17,20,22-24,26,29,32,35,39,41-42,44-48,50-51,53-62H2,1-3H3/b10-7-,12-9-,19-16-,21-18-,27-25-,31-30-,34-33-,37-36-,38-28-,43-40-,52-49-. The quantitative estimate of drug-likeness (QED) is 0.0261. The molecule has 406 valence electrons. The van der Waals surface area contributed by atoms with Crippen LogP contribution in [0.25, 0.3) is 0 Å². The van der Waals surface area contributed by atoms with E-state index in [9.17, 15) is 14.4 Å². The van der Waals surface area contributed by atoms with Crippen molar-refractivity contribution in [2.45, 2.75) is 252 Å². The molecule has 0 N–H and O–H groups in total. The van der Waals surface area contributed by atoms with Gasteiger partial charge in [-0.25, -0.2) is 0 Å². The molecule has 0 amide bonds. The molecule has 0 bridgehead atoms. The average Bonchev–Trinajstić information content (AvgIpc) is 3.38. The number of hydrogen-bond acceptors (Lipinski definition) is 6. The van der Waals surface area contributed by atoms with Crippen LogP contribution in [0.1, 0.15) is 245 Å². The van der Waals surface area contributed by atoms with Crippen LogP contribution in [0.5, 0.6) is 0 Å². The maximum atomic E-state index is 12.8. The van der Waals surface area contributed by atoms with Crippen molar-refractivity contribution in [1.29, 1.82) is 0 Å². The molecular weight excluding hydrogens is 889 g/mol. The number of ether oxygens (including phenoxy) is 3. The summed E-state index contributed by atoms with van der Waals surface area (Å²) in [5, 5.41) is 0. The highest BCUT2D eigenvalue weighted by molar-refractivity contribution is 5.71. The molecule has 0 aliphatic carbocycles. The number of carbonyl (C=O) groups excluding carboxylic acids is 3. The van der Waals surface area contributed by atoms with Gasteiger partial charge in [0.2, 0.25) is 0 Å². The Morgan fingerprint density at radius 1 is 0.292 bits per heavy atom. The minimum absolute atomic E-state index is 0.115. The van der Waals surface area contributed by atoms with E-state index in [0.717, 1.165) is 128 Å². The lowest BCUT2D eigenvalue weighted by Crippen LogP contribution is -2.30. The van der Waals surface area contributed by atoms with Crippen LogP contribution >= 0.6 is 0 Å². The molecule has 0 aromatic heterocycles. The summed E-state index contributed by atoms with van der Waals surface area (Å²) < 4.78 is 16.8. The molecular formula is C66H106O6. The first-order valence-corrected chi connectivity index (χ1v) is 29.2. The zero-order valence-electron chi connectivity index (χ0n) is 46.4. The lowest BCUT2D eigenvalue weighted by Gasteiger charge is -2.18. The van der Waals surface area contributed by atoms with Gasteiger partial charge < -0.3 is 14.2 Å². The monoisotopic (exact) mass is 995 g/mol. The Morgan fingerprint density at radius 3 is 0.944 bits per heavy atom. The summed E-state index contributed by atoms with van der Waals surface area (Å²) in [7, 11) is 0. The molecule has 0 spiro atoms. The summed E-state index contributed by atoms with van der Waals surface area (Å²) in [4.78, 5) is 38.1. The van der Waals surface area contributed by atoms with E-state index in [1.807, 2.05) is 12.2 Å². The van der Waals surface area contributed by atoms with E-state index < -0.39 is 6.10 Å². The van der Waals surface area contributed by atoms with Crippen molar-refractivity contribution in [3.63, 3.8) is 0 Å². The Hall–Kier alpha value is -4.45. The van der Waals surface area contributed by atoms with Crippen LogP contribution < -0.4 is 0 Å². The molecule has 0 aliphatic rings. The molecule has 0 aromatic rings. The maximum Gasteiger partial charge on any atom is 0.306 e. The van der Waals surface area contributed by atoms with Crippen molar-refractivity contribution in [3.8, 4) is 0 Å². The van der Waals surface area contributed by atoms with Gasteiger partial charge in [-0.15, -0.1) is 0 Å². The Morgan fingerprint density at radius 2 is 0.569 bits per heavy atom. The minimum atomic E-state index is -0.822. The smallest absolute Gasteiger partial charge is 0.306 e. The summed E-state index contributed by atoms with van der Waals surface area (Å²) in [6.45, 7) is 6.32. The Balaban J connectivity index is 4.45. The van der Waals surface area contributed by atoms with Gasteiger partial charge in [0, 0.05) is 19.3 Å². The third-order valence-electron chi connectivity index (χ3n) is 11.9. The van der Waals surface area contributed by atoms with Crippen molar-refractivity contribution in [2.24, 2.45) is 0 Å². The van der Waals surface area contributed by atoms with Gasteiger partial charge in [-0.1, -0.05) is 238 Å². The lowest BCUT2D eigenvalue weighted by atomic mass is 10.1. The van der Waals surface area contributed by atoms with Crippen LogP contribution in [0.4, 0.5) is 0 Å². The first-order valence-electron chi connectivity index (χ1n) is 29.2. The van der Waals surface area contributed by atoms with Gasteiger partial charge in [0.15, 0.2) is 6.10 Å². The van der Waals surface area contributed by atoms with Crippen molar-refractivity contribution in [3.05, 3.63) is 134 Å². The predicted octanol–water partition coefficient (Wildman–Crippen LogP) is 19.8. The Bertz CT molecular complexity index is 1560. The largest absolute Gasteiger partial charge is 0.462 e. The van der Waals surface area contributed by atoms with Gasteiger partial charge in [-0.3, -0.25) is 14.4 Å². The summed E-state index contributed by atoms with van der Waals surface area (Å²) in [5.74, 6) is -1.03. The highest BCUT2D eigenvalue weighted by Crippen LogP contribution is 2.13. The van der Waals surface area contributed by atoms with Crippen LogP contribution in [-0.2, 0) is 28.6 Å². The van der Waals surface area contributed by atoms with Crippen LogP contribution in [0, 0.1) is 0 Å². The molecule has 0 saturated carbocycles. The van der Waals surface area contributed by atoms with E-state index >= 15 is 0 Å². The zero-order chi connectivity index (χ0) is 52.2. The molecule has 6 nitrogen and oxygen atoms in total. The second-order valence-electron chi connectivity index (χ2n) is 18.8. The van der Waals surface area contributed by atoms with Gasteiger partial charge >= 0.3 is 17.9 Å². The highest BCUT2D eigenvalue weighted by atomic mass is 16.6. The fourth-order valence-electron chi connectivity index (χ4n) is 7.57. The van der Waals surface area contributed by atoms with E-state index in [2.05, 4.69) is 142 Å². The predicted molar refractivity (Wildman–Crippen MR) is 311 cm³/mol. The molecule has 0 radical (unpaired) electrons. The second-order valence-corrected chi connectivity index (χ2v) is 18.8. The lowest BCUT2D eigenvalue weighted by molar-refractivity contribution is -0.166. The number of rotatable bonds is 51. The average molecular weight is 996 g/mol. The van der Waals surface area contributed by atoms with E-state index in [0.29, 0.717) is 19.3 Å². The number of hydrogen-bond donors (Lipinski definition) is 0. The molecule has 0 heterocycles. The van der Waals surface area contributed by atoms with Gasteiger partial charge in [-0.05, 0) is 122 Å². The van der Waals surface area contributed by atoms with Crippen LogP contribution in [0.2, 0.25) is 0 Å².